The predicted molar refractivity (Wildman–Crippen MR) is 53.7 cm³/mol. The fourth-order valence-electron chi connectivity index (χ4n) is 2.39. The van der Waals surface area contributed by atoms with E-state index < -0.39 is 0 Å². The molecule has 0 aromatic rings. The van der Waals surface area contributed by atoms with E-state index in [0.717, 1.165) is 17.8 Å². The standard InChI is InChI=1S/C12H20/c1-5-11-8-10(4)6-7-12(11)9(2)3/h1,9-12H,6-8H2,2-4H3. The lowest BCUT2D eigenvalue weighted by molar-refractivity contribution is 0.185. The van der Waals surface area contributed by atoms with Crippen molar-refractivity contribution >= 4 is 0 Å². The van der Waals surface area contributed by atoms with Gasteiger partial charge in [-0.1, -0.05) is 27.2 Å². The van der Waals surface area contributed by atoms with E-state index in [1.165, 1.54) is 19.3 Å². The van der Waals surface area contributed by atoms with Gasteiger partial charge in [0.05, 0.1) is 0 Å². The molecule has 0 aromatic heterocycles. The summed E-state index contributed by atoms with van der Waals surface area (Å²) in [6.07, 6.45) is 9.51. The Morgan fingerprint density at radius 2 is 2.00 bits per heavy atom. The van der Waals surface area contributed by atoms with Crippen LogP contribution < -0.4 is 0 Å². The summed E-state index contributed by atoms with van der Waals surface area (Å²) >= 11 is 0. The topological polar surface area (TPSA) is 0 Å². The Balaban J connectivity index is 2.58. The molecule has 1 aliphatic rings. The van der Waals surface area contributed by atoms with Crippen LogP contribution >= 0.6 is 0 Å². The zero-order chi connectivity index (χ0) is 9.14. The summed E-state index contributed by atoms with van der Waals surface area (Å²) in [5, 5.41) is 0. The Morgan fingerprint density at radius 1 is 1.33 bits per heavy atom. The number of rotatable bonds is 1. The lowest BCUT2D eigenvalue weighted by Gasteiger charge is -2.34. The van der Waals surface area contributed by atoms with Gasteiger partial charge in [0.2, 0.25) is 0 Å². The molecule has 0 heterocycles. The minimum atomic E-state index is 0.550. The van der Waals surface area contributed by atoms with E-state index in [-0.39, 0.29) is 0 Å². The highest BCUT2D eigenvalue weighted by molar-refractivity contribution is 4.99. The minimum Gasteiger partial charge on any atom is -0.120 e. The van der Waals surface area contributed by atoms with Gasteiger partial charge < -0.3 is 0 Å². The lowest BCUT2D eigenvalue weighted by Crippen LogP contribution is -2.26. The Bertz CT molecular complexity index is 173. The van der Waals surface area contributed by atoms with Crippen LogP contribution in [0.4, 0.5) is 0 Å². The number of hydrogen-bond donors (Lipinski definition) is 0. The van der Waals surface area contributed by atoms with Gasteiger partial charge in [0.25, 0.3) is 0 Å². The van der Waals surface area contributed by atoms with E-state index in [1.54, 1.807) is 0 Å². The molecule has 0 spiro atoms. The summed E-state index contributed by atoms with van der Waals surface area (Å²) in [5.41, 5.74) is 0. The number of hydrogen-bond acceptors (Lipinski definition) is 0. The van der Waals surface area contributed by atoms with Gasteiger partial charge in [-0.3, -0.25) is 0 Å². The monoisotopic (exact) mass is 164 g/mol. The van der Waals surface area contributed by atoms with E-state index >= 15 is 0 Å². The highest BCUT2D eigenvalue weighted by Crippen LogP contribution is 2.37. The molecule has 0 radical (unpaired) electrons. The van der Waals surface area contributed by atoms with E-state index in [1.807, 2.05) is 0 Å². The van der Waals surface area contributed by atoms with Crippen LogP contribution in [0, 0.1) is 36.0 Å². The molecule has 3 atom stereocenters. The van der Waals surface area contributed by atoms with Crippen molar-refractivity contribution in [2.75, 3.05) is 0 Å². The van der Waals surface area contributed by atoms with Crippen LogP contribution in [0.1, 0.15) is 40.0 Å². The van der Waals surface area contributed by atoms with Gasteiger partial charge in [-0.15, -0.1) is 12.3 Å². The quantitative estimate of drug-likeness (QED) is 0.521. The minimum absolute atomic E-state index is 0.550. The van der Waals surface area contributed by atoms with E-state index in [0.29, 0.717) is 5.92 Å². The van der Waals surface area contributed by atoms with Gasteiger partial charge in [0.1, 0.15) is 0 Å². The van der Waals surface area contributed by atoms with E-state index in [4.69, 9.17) is 6.42 Å². The van der Waals surface area contributed by atoms with Gasteiger partial charge in [-0.05, 0) is 30.6 Å². The Hall–Kier alpha value is -0.440. The molecule has 1 aliphatic carbocycles. The SMILES string of the molecule is C#CC1CC(C)CCC1C(C)C. The average Bonchev–Trinajstić information content (AvgIpc) is 2.03. The first-order chi connectivity index (χ1) is 5.65. The molecule has 1 rings (SSSR count). The number of terminal acetylenes is 1. The first kappa shape index (κ1) is 9.65. The third-order valence-electron chi connectivity index (χ3n) is 3.24. The summed E-state index contributed by atoms with van der Waals surface area (Å²) in [4.78, 5) is 0. The van der Waals surface area contributed by atoms with Crippen molar-refractivity contribution in [1.82, 2.24) is 0 Å². The zero-order valence-electron chi connectivity index (χ0n) is 8.51. The van der Waals surface area contributed by atoms with Gasteiger partial charge in [0.15, 0.2) is 0 Å². The van der Waals surface area contributed by atoms with Crippen LogP contribution in [0.5, 0.6) is 0 Å². The second-order valence-electron chi connectivity index (χ2n) is 4.60. The van der Waals surface area contributed by atoms with Crippen molar-refractivity contribution in [3.05, 3.63) is 0 Å². The molecule has 3 unspecified atom stereocenters. The molecule has 0 heteroatoms. The van der Waals surface area contributed by atoms with Crippen LogP contribution in [-0.4, -0.2) is 0 Å². The Kier molecular flexibility index (Phi) is 3.20. The zero-order valence-corrected chi connectivity index (χ0v) is 8.51. The third-order valence-corrected chi connectivity index (χ3v) is 3.24. The van der Waals surface area contributed by atoms with Crippen LogP contribution in [0.25, 0.3) is 0 Å². The average molecular weight is 164 g/mol. The summed E-state index contributed by atoms with van der Waals surface area (Å²) in [7, 11) is 0. The van der Waals surface area contributed by atoms with Crippen molar-refractivity contribution in [1.29, 1.82) is 0 Å². The molecule has 12 heavy (non-hydrogen) atoms. The molecule has 0 aromatic carbocycles. The molecule has 0 aliphatic heterocycles. The maximum absolute atomic E-state index is 5.54. The van der Waals surface area contributed by atoms with Crippen molar-refractivity contribution in [3.63, 3.8) is 0 Å². The van der Waals surface area contributed by atoms with Gasteiger partial charge in [0, 0.05) is 5.92 Å². The first-order valence-electron chi connectivity index (χ1n) is 5.11. The maximum atomic E-state index is 5.54. The largest absolute Gasteiger partial charge is 0.120 e. The van der Waals surface area contributed by atoms with Crippen molar-refractivity contribution in [2.45, 2.75) is 40.0 Å². The molecule has 1 fully saturated rings. The Labute approximate surface area is 76.7 Å². The molecule has 1 saturated carbocycles. The van der Waals surface area contributed by atoms with Crippen LogP contribution in [0.3, 0.4) is 0 Å². The van der Waals surface area contributed by atoms with E-state index in [2.05, 4.69) is 26.7 Å². The van der Waals surface area contributed by atoms with Crippen LogP contribution in [-0.2, 0) is 0 Å². The third kappa shape index (κ3) is 2.03. The van der Waals surface area contributed by atoms with Crippen molar-refractivity contribution in [3.8, 4) is 12.3 Å². The normalized spacial score (nSPS) is 36.4. The molecule has 0 bridgehead atoms. The molecule has 0 saturated heterocycles. The van der Waals surface area contributed by atoms with Gasteiger partial charge >= 0.3 is 0 Å². The van der Waals surface area contributed by atoms with Crippen LogP contribution in [0.2, 0.25) is 0 Å². The predicted octanol–water partition coefficient (Wildman–Crippen LogP) is 3.33. The molecule has 0 N–H and O–H groups in total. The van der Waals surface area contributed by atoms with Gasteiger partial charge in [-0.2, -0.15) is 0 Å². The van der Waals surface area contributed by atoms with Crippen LogP contribution in [0.15, 0.2) is 0 Å². The van der Waals surface area contributed by atoms with Crippen molar-refractivity contribution in [2.24, 2.45) is 23.7 Å². The second kappa shape index (κ2) is 3.99. The lowest BCUT2D eigenvalue weighted by atomic mass is 9.70. The molecule has 0 nitrogen and oxygen atoms in total. The fourth-order valence-corrected chi connectivity index (χ4v) is 2.39. The summed E-state index contributed by atoms with van der Waals surface area (Å²) in [6, 6.07) is 0. The molecule has 68 valence electrons. The highest BCUT2D eigenvalue weighted by Gasteiger charge is 2.28. The summed E-state index contributed by atoms with van der Waals surface area (Å²) in [5.74, 6) is 5.91. The molecular weight excluding hydrogens is 144 g/mol. The second-order valence-corrected chi connectivity index (χ2v) is 4.60. The molecule has 0 amide bonds. The first-order valence-corrected chi connectivity index (χ1v) is 5.11. The molecular formula is C12H20. The van der Waals surface area contributed by atoms with Crippen molar-refractivity contribution < 1.29 is 0 Å². The highest BCUT2D eigenvalue weighted by atomic mass is 14.3. The fraction of sp³-hybridized carbons (Fsp3) is 0.833. The maximum Gasteiger partial charge on any atom is 0.0233 e. The van der Waals surface area contributed by atoms with Gasteiger partial charge in [-0.25, -0.2) is 0 Å². The van der Waals surface area contributed by atoms with E-state index in [9.17, 15) is 0 Å². The summed E-state index contributed by atoms with van der Waals surface area (Å²) < 4.78 is 0. The summed E-state index contributed by atoms with van der Waals surface area (Å²) in [6.45, 7) is 6.91. The smallest absolute Gasteiger partial charge is 0.0233 e. The Morgan fingerprint density at radius 3 is 2.50 bits per heavy atom.